The van der Waals surface area contributed by atoms with Crippen LogP contribution in [0.3, 0.4) is 0 Å². The number of aromatic nitrogens is 1. The topological polar surface area (TPSA) is 134 Å². The lowest BCUT2D eigenvalue weighted by Crippen LogP contribution is -2.45. The van der Waals surface area contributed by atoms with Crippen molar-refractivity contribution in [1.29, 1.82) is 0 Å². The van der Waals surface area contributed by atoms with Crippen LogP contribution in [0, 0.1) is 11.6 Å². The molecule has 1 atom stereocenters. The van der Waals surface area contributed by atoms with E-state index < -0.39 is 47.6 Å². The Morgan fingerprint density at radius 2 is 2.03 bits per heavy atom. The number of aliphatic hydroxyl groups is 1. The molecule has 29 heavy (non-hydrogen) atoms. The Hall–Kier alpha value is -3.40. The second kappa shape index (κ2) is 7.92. The molecule has 0 saturated carbocycles. The first-order chi connectivity index (χ1) is 13.7. The highest BCUT2D eigenvalue weighted by molar-refractivity contribution is 6.01. The van der Waals surface area contributed by atoms with E-state index >= 15 is 0 Å². The van der Waals surface area contributed by atoms with Crippen molar-refractivity contribution in [2.24, 2.45) is 5.73 Å². The van der Waals surface area contributed by atoms with Crippen molar-refractivity contribution in [3.05, 3.63) is 52.7 Å². The monoisotopic (exact) mass is 405 g/mol. The first kappa shape index (κ1) is 20.3. The number of pyridine rings is 1. The van der Waals surface area contributed by atoms with E-state index in [-0.39, 0.29) is 36.2 Å². The number of hydrogen-bond acceptors (Lipinski definition) is 5. The van der Waals surface area contributed by atoms with Gasteiger partial charge in [0.2, 0.25) is 5.91 Å². The lowest BCUT2D eigenvalue weighted by atomic mass is 10.0. The third-order valence-electron chi connectivity index (χ3n) is 4.77. The summed E-state index contributed by atoms with van der Waals surface area (Å²) in [6, 6.07) is 3.22. The number of halogens is 2. The number of aliphatic hydroxyl groups excluding tert-OH is 1. The average Bonchev–Trinajstić information content (AvgIpc) is 2.98. The molecular formula is C19H17F2N3O5. The van der Waals surface area contributed by atoms with Crippen molar-refractivity contribution in [2.75, 3.05) is 0 Å². The summed E-state index contributed by atoms with van der Waals surface area (Å²) in [6.45, 7) is -0.862. The van der Waals surface area contributed by atoms with Crippen molar-refractivity contribution >= 4 is 17.8 Å². The van der Waals surface area contributed by atoms with Gasteiger partial charge in [0.25, 0.3) is 5.91 Å². The van der Waals surface area contributed by atoms with Gasteiger partial charge in [0.15, 0.2) is 5.82 Å². The van der Waals surface area contributed by atoms with Crippen LogP contribution < -0.4 is 5.73 Å². The SMILES string of the molecule is NC(=O)C(CCC(=O)O)N1Cc2cc(-c3ncc(F)c(CO)c3F)ccc2C1=O. The van der Waals surface area contributed by atoms with E-state index in [1.54, 1.807) is 0 Å². The Kier molecular flexibility index (Phi) is 5.55. The van der Waals surface area contributed by atoms with Gasteiger partial charge in [0.05, 0.1) is 18.4 Å². The van der Waals surface area contributed by atoms with Crippen LogP contribution in [0.25, 0.3) is 11.3 Å². The fraction of sp³-hybridized carbons (Fsp3) is 0.263. The number of rotatable bonds is 7. The normalized spacial score (nSPS) is 14.0. The van der Waals surface area contributed by atoms with Gasteiger partial charge in [-0.1, -0.05) is 6.07 Å². The zero-order valence-electron chi connectivity index (χ0n) is 15.1. The van der Waals surface area contributed by atoms with Crippen LogP contribution in [0.5, 0.6) is 0 Å². The molecule has 1 unspecified atom stereocenters. The van der Waals surface area contributed by atoms with Gasteiger partial charge in [0, 0.05) is 24.1 Å². The smallest absolute Gasteiger partial charge is 0.303 e. The molecule has 3 rings (SSSR count). The number of hydrogen-bond donors (Lipinski definition) is 3. The Balaban J connectivity index is 1.94. The standard InChI is InChI=1S/C19H17F2N3O5/c20-13-6-23-17(16(21)12(13)8-25)9-1-2-11-10(5-9)7-24(19(11)29)14(18(22)28)3-4-15(26)27/h1-2,5-6,14,25H,3-4,7-8H2,(H2,22,28)(H,26,27). The minimum Gasteiger partial charge on any atom is -0.481 e. The van der Waals surface area contributed by atoms with Gasteiger partial charge < -0.3 is 20.8 Å². The van der Waals surface area contributed by atoms with Gasteiger partial charge in [-0.3, -0.25) is 19.4 Å². The van der Waals surface area contributed by atoms with E-state index in [9.17, 15) is 23.2 Å². The van der Waals surface area contributed by atoms with Gasteiger partial charge in [-0.05, 0) is 24.1 Å². The maximum absolute atomic E-state index is 14.5. The molecule has 8 nitrogen and oxygen atoms in total. The fourth-order valence-electron chi connectivity index (χ4n) is 3.30. The molecule has 0 saturated heterocycles. The summed E-state index contributed by atoms with van der Waals surface area (Å²) in [7, 11) is 0. The number of amides is 2. The number of primary amides is 1. The highest BCUT2D eigenvalue weighted by atomic mass is 19.1. The van der Waals surface area contributed by atoms with Crippen LogP contribution in [-0.4, -0.2) is 43.9 Å². The number of aliphatic carboxylic acids is 1. The van der Waals surface area contributed by atoms with E-state index in [4.69, 9.17) is 15.9 Å². The van der Waals surface area contributed by atoms with E-state index in [0.717, 1.165) is 6.20 Å². The molecule has 152 valence electrons. The minimum atomic E-state index is -1.12. The average molecular weight is 405 g/mol. The molecular weight excluding hydrogens is 388 g/mol. The second-order valence-electron chi connectivity index (χ2n) is 6.56. The molecule has 0 aliphatic carbocycles. The van der Waals surface area contributed by atoms with E-state index in [1.165, 1.54) is 23.1 Å². The van der Waals surface area contributed by atoms with Gasteiger partial charge in [-0.25, -0.2) is 8.78 Å². The molecule has 2 heterocycles. The van der Waals surface area contributed by atoms with Crippen LogP contribution in [-0.2, 0) is 22.7 Å². The predicted molar refractivity (Wildman–Crippen MR) is 95.2 cm³/mol. The van der Waals surface area contributed by atoms with Crippen molar-refractivity contribution in [1.82, 2.24) is 9.88 Å². The van der Waals surface area contributed by atoms with Gasteiger partial charge in [0.1, 0.15) is 17.6 Å². The number of carbonyl (C=O) groups excluding carboxylic acids is 2. The lowest BCUT2D eigenvalue weighted by Gasteiger charge is -2.24. The zero-order chi connectivity index (χ0) is 21.3. The van der Waals surface area contributed by atoms with Gasteiger partial charge >= 0.3 is 5.97 Å². The van der Waals surface area contributed by atoms with Crippen molar-refractivity contribution in [3.8, 4) is 11.3 Å². The maximum atomic E-state index is 14.5. The largest absolute Gasteiger partial charge is 0.481 e. The maximum Gasteiger partial charge on any atom is 0.303 e. The first-order valence-electron chi connectivity index (χ1n) is 8.63. The number of carbonyl (C=O) groups is 3. The zero-order valence-corrected chi connectivity index (χ0v) is 15.1. The van der Waals surface area contributed by atoms with Crippen molar-refractivity contribution in [2.45, 2.75) is 32.0 Å². The third-order valence-corrected chi connectivity index (χ3v) is 4.77. The van der Waals surface area contributed by atoms with Crippen LogP contribution in [0.2, 0.25) is 0 Å². The number of nitrogens with zero attached hydrogens (tertiary/aromatic N) is 2. The summed E-state index contributed by atoms with van der Waals surface area (Å²) in [5, 5.41) is 18.0. The summed E-state index contributed by atoms with van der Waals surface area (Å²) < 4.78 is 28.0. The molecule has 0 bridgehead atoms. The number of benzene rings is 1. The van der Waals surface area contributed by atoms with E-state index in [1.807, 2.05) is 0 Å². The molecule has 1 aromatic heterocycles. The molecule has 2 amide bonds. The summed E-state index contributed by atoms with van der Waals surface area (Å²) in [6.07, 6.45) is 0.322. The molecule has 0 spiro atoms. The molecule has 2 aromatic rings. The van der Waals surface area contributed by atoms with Crippen LogP contribution in [0.1, 0.15) is 34.3 Å². The van der Waals surface area contributed by atoms with E-state index in [2.05, 4.69) is 4.98 Å². The summed E-state index contributed by atoms with van der Waals surface area (Å²) in [5.41, 5.74) is 5.61. The molecule has 1 aliphatic heterocycles. The summed E-state index contributed by atoms with van der Waals surface area (Å²) in [5.74, 6) is -4.43. The van der Waals surface area contributed by atoms with E-state index in [0.29, 0.717) is 5.56 Å². The molecule has 0 radical (unpaired) electrons. The van der Waals surface area contributed by atoms with Crippen LogP contribution in [0.15, 0.2) is 24.4 Å². The molecule has 4 N–H and O–H groups in total. The van der Waals surface area contributed by atoms with Crippen molar-refractivity contribution < 1.29 is 33.4 Å². The molecule has 1 aliphatic rings. The van der Waals surface area contributed by atoms with Crippen molar-refractivity contribution in [3.63, 3.8) is 0 Å². The second-order valence-corrected chi connectivity index (χ2v) is 6.56. The summed E-state index contributed by atoms with van der Waals surface area (Å²) in [4.78, 5) is 40.1. The Morgan fingerprint density at radius 3 is 2.66 bits per heavy atom. The molecule has 10 heteroatoms. The minimum absolute atomic E-state index is 0.0229. The fourth-order valence-corrected chi connectivity index (χ4v) is 3.30. The van der Waals surface area contributed by atoms with Gasteiger partial charge in [-0.15, -0.1) is 0 Å². The van der Waals surface area contributed by atoms with Gasteiger partial charge in [-0.2, -0.15) is 0 Å². The Bertz CT molecular complexity index is 1010. The Labute approximate surface area is 163 Å². The molecule has 0 fully saturated rings. The number of carboxylic acid groups (broad SMARTS) is 1. The highest BCUT2D eigenvalue weighted by Gasteiger charge is 2.36. The predicted octanol–water partition coefficient (Wildman–Crippen LogP) is 1.19. The lowest BCUT2D eigenvalue weighted by molar-refractivity contribution is -0.137. The summed E-state index contributed by atoms with van der Waals surface area (Å²) >= 11 is 0. The number of carboxylic acids is 1. The number of fused-ring (bicyclic) bond motifs is 1. The molecule has 1 aromatic carbocycles. The van der Waals surface area contributed by atoms with Crippen LogP contribution in [0.4, 0.5) is 8.78 Å². The number of nitrogens with two attached hydrogens (primary N) is 1. The van der Waals surface area contributed by atoms with Crippen LogP contribution >= 0.6 is 0 Å². The highest BCUT2D eigenvalue weighted by Crippen LogP contribution is 2.31. The Morgan fingerprint density at radius 1 is 1.31 bits per heavy atom. The quantitative estimate of drug-likeness (QED) is 0.634. The first-order valence-corrected chi connectivity index (χ1v) is 8.63. The third kappa shape index (κ3) is 3.79.